The van der Waals surface area contributed by atoms with E-state index in [4.69, 9.17) is 4.98 Å². The van der Waals surface area contributed by atoms with E-state index in [0.29, 0.717) is 31.0 Å². The van der Waals surface area contributed by atoms with Crippen LogP contribution in [0.5, 0.6) is 5.75 Å². The van der Waals surface area contributed by atoms with Gasteiger partial charge in [-0.2, -0.15) is 0 Å². The summed E-state index contributed by atoms with van der Waals surface area (Å²) in [7, 11) is 0. The van der Waals surface area contributed by atoms with Crippen molar-refractivity contribution in [3.05, 3.63) is 61.3 Å². The molecule has 4 rings (SSSR count). The van der Waals surface area contributed by atoms with Gasteiger partial charge in [-0.05, 0) is 24.5 Å². The summed E-state index contributed by atoms with van der Waals surface area (Å²) >= 11 is 0. The van der Waals surface area contributed by atoms with Crippen LogP contribution in [0, 0.1) is 10.1 Å². The zero-order valence-corrected chi connectivity index (χ0v) is 15.7. The van der Waals surface area contributed by atoms with Gasteiger partial charge in [-0.15, -0.1) is 0 Å². The summed E-state index contributed by atoms with van der Waals surface area (Å²) < 4.78 is 0. The normalized spacial score (nSPS) is 18.0. The van der Waals surface area contributed by atoms with E-state index in [-0.39, 0.29) is 17.0 Å². The Morgan fingerprint density at radius 1 is 1.29 bits per heavy atom. The fourth-order valence-corrected chi connectivity index (χ4v) is 4.28. The zero-order chi connectivity index (χ0) is 19.7. The number of hydrogen-bond donors (Lipinski definition) is 2. The maximum Gasteiger partial charge on any atom is 0.310 e. The van der Waals surface area contributed by atoms with Gasteiger partial charge in [0.1, 0.15) is 5.82 Å². The van der Waals surface area contributed by atoms with Crippen LogP contribution in [0.1, 0.15) is 60.7 Å². The molecule has 1 aliphatic carbocycles. The van der Waals surface area contributed by atoms with Crippen molar-refractivity contribution in [1.29, 1.82) is 0 Å². The fourth-order valence-electron chi connectivity index (χ4n) is 4.28. The second kappa shape index (κ2) is 7.71. The van der Waals surface area contributed by atoms with Gasteiger partial charge in [0.2, 0.25) is 0 Å². The third kappa shape index (κ3) is 3.77. The number of nitro groups is 1. The molecule has 0 bridgehead atoms. The number of hydrogen-bond acceptors (Lipinski definition) is 6. The molecule has 1 saturated carbocycles. The molecule has 1 aliphatic heterocycles. The molecular formula is C20H24N4O4. The van der Waals surface area contributed by atoms with Gasteiger partial charge in [0, 0.05) is 38.0 Å². The minimum absolute atomic E-state index is 0.0539. The Hall–Kier alpha value is -2.74. The van der Waals surface area contributed by atoms with E-state index in [1.807, 2.05) is 0 Å². The molecule has 1 aromatic heterocycles. The molecule has 148 valence electrons. The van der Waals surface area contributed by atoms with E-state index in [2.05, 4.69) is 9.88 Å². The van der Waals surface area contributed by atoms with Crippen LogP contribution >= 0.6 is 0 Å². The zero-order valence-electron chi connectivity index (χ0n) is 15.7. The number of nitro benzene ring substituents is 1. The number of phenolic OH excluding ortho intramolecular Hbond substituents is 1. The highest BCUT2D eigenvalue weighted by molar-refractivity contribution is 5.47. The average Bonchev–Trinajstić information content (AvgIpc) is 2.69. The lowest BCUT2D eigenvalue weighted by molar-refractivity contribution is -0.385. The first kappa shape index (κ1) is 18.6. The second-order valence-corrected chi connectivity index (χ2v) is 7.75. The van der Waals surface area contributed by atoms with Gasteiger partial charge in [0.05, 0.1) is 16.2 Å². The van der Waals surface area contributed by atoms with Gasteiger partial charge in [0.25, 0.3) is 5.56 Å². The van der Waals surface area contributed by atoms with Gasteiger partial charge < -0.3 is 10.1 Å². The number of nitrogens with one attached hydrogen (secondary N) is 1. The van der Waals surface area contributed by atoms with Crippen LogP contribution in [0.4, 0.5) is 5.69 Å². The average molecular weight is 384 g/mol. The van der Waals surface area contributed by atoms with Crippen molar-refractivity contribution in [2.45, 2.75) is 57.5 Å². The standard InChI is InChI=1S/C20H24N4O4/c25-18-10-13(6-7-17(18)24(27)28)11-23-9-8-16-15(12-23)20(26)22-19(21-16)14-4-2-1-3-5-14/h6-7,10,14,25H,1-5,8-9,11-12H2,(H,21,22,26). The first-order valence-electron chi connectivity index (χ1n) is 9.82. The van der Waals surface area contributed by atoms with E-state index in [9.17, 15) is 20.0 Å². The quantitative estimate of drug-likeness (QED) is 0.619. The number of aromatic nitrogens is 2. The molecule has 1 fully saturated rings. The minimum atomic E-state index is -0.606. The van der Waals surface area contributed by atoms with Crippen LogP contribution in [0.25, 0.3) is 0 Å². The molecule has 2 aromatic rings. The van der Waals surface area contributed by atoms with E-state index < -0.39 is 4.92 Å². The highest BCUT2D eigenvalue weighted by Gasteiger charge is 2.25. The Balaban J connectivity index is 1.50. The fraction of sp³-hybridized carbons (Fsp3) is 0.500. The maximum absolute atomic E-state index is 12.7. The summed E-state index contributed by atoms with van der Waals surface area (Å²) in [6.07, 6.45) is 6.55. The van der Waals surface area contributed by atoms with Crippen molar-refractivity contribution in [1.82, 2.24) is 14.9 Å². The second-order valence-electron chi connectivity index (χ2n) is 7.75. The molecule has 1 aromatic carbocycles. The number of H-pyrrole nitrogens is 1. The van der Waals surface area contributed by atoms with E-state index in [1.165, 1.54) is 31.4 Å². The van der Waals surface area contributed by atoms with Gasteiger partial charge in [-0.3, -0.25) is 19.8 Å². The Morgan fingerprint density at radius 3 is 2.79 bits per heavy atom. The lowest BCUT2D eigenvalue weighted by Crippen LogP contribution is -2.36. The number of aromatic amines is 1. The largest absolute Gasteiger partial charge is 0.502 e. The third-order valence-corrected chi connectivity index (χ3v) is 5.80. The lowest BCUT2D eigenvalue weighted by atomic mass is 9.88. The molecule has 8 nitrogen and oxygen atoms in total. The molecule has 0 spiro atoms. The highest BCUT2D eigenvalue weighted by atomic mass is 16.6. The van der Waals surface area contributed by atoms with Crippen molar-refractivity contribution >= 4 is 5.69 Å². The van der Waals surface area contributed by atoms with E-state index >= 15 is 0 Å². The van der Waals surface area contributed by atoms with Gasteiger partial charge in [0.15, 0.2) is 5.75 Å². The predicted octanol–water partition coefficient (Wildman–Crippen LogP) is 2.99. The van der Waals surface area contributed by atoms with Crippen LogP contribution < -0.4 is 5.56 Å². The molecule has 0 amide bonds. The number of benzene rings is 1. The monoisotopic (exact) mass is 384 g/mol. The Morgan fingerprint density at radius 2 is 2.07 bits per heavy atom. The topological polar surface area (TPSA) is 112 Å². The number of fused-ring (bicyclic) bond motifs is 1. The van der Waals surface area contributed by atoms with Crippen molar-refractivity contribution in [2.75, 3.05) is 6.54 Å². The Kier molecular flexibility index (Phi) is 5.13. The molecular weight excluding hydrogens is 360 g/mol. The van der Waals surface area contributed by atoms with Crippen LogP contribution in [0.15, 0.2) is 23.0 Å². The van der Waals surface area contributed by atoms with Crippen molar-refractivity contribution < 1.29 is 10.0 Å². The molecule has 0 unspecified atom stereocenters. The summed E-state index contributed by atoms with van der Waals surface area (Å²) in [6.45, 7) is 1.75. The third-order valence-electron chi connectivity index (χ3n) is 5.80. The Labute approximate surface area is 162 Å². The number of aromatic hydroxyl groups is 1. The first-order valence-corrected chi connectivity index (χ1v) is 9.82. The van der Waals surface area contributed by atoms with Crippen molar-refractivity contribution in [3.63, 3.8) is 0 Å². The molecule has 2 aliphatic rings. The summed E-state index contributed by atoms with van der Waals surface area (Å²) in [4.78, 5) is 32.8. The van der Waals surface area contributed by atoms with Crippen molar-refractivity contribution in [3.8, 4) is 5.75 Å². The minimum Gasteiger partial charge on any atom is -0.502 e. The number of rotatable bonds is 4. The first-order chi connectivity index (χ1) is 13.5. The van der Waals surface area contributed by atoms with Crippen molar-refractivity contribution in [2.24, 2.45) is 0 Å². The lowest BCUT2D eigenvalue weighted by Gasteiger charge is -2.29. The molecule has 0 atom stereocenters. The van der Waals surface area contributed by atoms with Gasteiger partial charge in [-0.1, -0.05) is 25.3 Å². The predicted molar refractivity (Wildman–Crippen MR) is 103 cm³/mol. The summed E-state index contributed by atoms with van der Waals surface area (Å²) in [5, 5.41) is 20.7. The summed E-state index contributed by atoms with van der Waals surface area (Å²) in [5.74, 6) is 0.876. The molecule has 0 radical (unpaired) electrons. The molecule has 0 saturated heterocycles. The van der Waals surface area contributed by atoms with Gasteiger partial charge >= 0.3 is 5.69 Å². The molecule has 2 N–H and O–H groups in total. The molecule has 2 heterocycles. The molecule has 28 heavy (non-hydrogen) atoms. The van der Waals surface area contributed by atoms with Crippen LogP contribution in [0.3, 0.4) is 0 Å². The summed E-state index contributed by atoms with van der Waals surface area (Å²) in [5.41, 5.74) is 2.02. The maximum atomic E-state index is 12.7. The van der Waals surface area contributed by atoms with E-state index in [0.717, 1.165) is 36.5 Å². The van der Waals surface area contributed by atoms with Gasteiger partial charge in [-0.25, -0.2) is 4.98 Å². The highest BCUT2D eigenvalue weighted by Crippen LogP contribution is 2.31. The van der Waals surface area contributed by atoms with Crippen LogP contribution in [-0.2, 0) is 19.5 Å². The molecule has 8 heteroatoms. The van der Waals surface area contributed by atoms with Crippen LogP contribution in [-0.4, -0.2) is 31.4 Å². The number of phenols is 1. The number of nitrogens with zero attached hydrogens (tertiary/aromatic N) is 3. The summed E-state index contributed by atoms with van der Waals surface area (Å²) in [6, 6.07) is 4.37. The smallest absolute Gasteiger partial charge is 0.310 e. The van der Waals surface area contributed by atoms with Crippen LogP contribution in [0.2, 0.25) is 0 Å². The SMILES string of the molecule is O=c1[nH]c(C2CCCCC2)nc2c1CN(Cc1ccc([N+](=O)[O-])c(O)c1)CC2. The Bertz CT molecular complexity index is 950. The van der Waals surface area contributed by atoms with E-state index in [1.54, 1.807) is 6.07 Å².